The molecule has 7 heteroatoms. The second kappa shape index (κ2) is 5.29. The average molecular weight is 301 g/mol. The average Bonchev–Trinajstić information content (AvgIpc) is 2.96. The van der Waals surface area contributed by atoms with E-state index in [1.54, 1.807) is 0 Å². The van der Waals surface area contributed by atoms with Crippen LogP contribution in [0.5, 0.6) is 0 Å². The smallest absolute Gasteiger partial charge is 0.199 e. The van der Waals surface area contributed by atoms with Crippen molar-refractivity contribution in [3.05, 3.63) is 29.6 Å². The molecule has 2 aromatic rings. The Kier molecular flexibility index (Phi) is 3.61. The Morgan fingerprint density at radius 2 is 1.86 bits per heavy atom. The van der Waals surface area contributed by atoms with Crippen molar-refractivity contribution in [2.75, 3.05) is 19.6 Å². The predicted molar refractivity (Wildman–Crippen MR) is 70.0 cm³/mol. The third kappa shape index (κ3) is 2.19. The van der Waals surface area contributed by atoms with E-state index < -0.39 is 28.8 Å². The summed E-state index contributed by atoms with van der Waals surface area (Å²) in [6.07, 6.45) is 2.94. The van der Waals surface area contributed by atoms with Crippen LogP contribution < -0.4 is 0 Å². The van der Waals surface area contributed by atoms with Crippen LogP contribution in [0.1, 0.15) is 25.8 Å². The highest BCUT2D eigenvalue weighted by molar-refractivity contribution is 5.77. The third-order valence-corrected chi connectivity index (χ3v) is 4.11. The van der Waals surface area contributed by atoms with Crippen molar-refractivity contribution in [1.29, 1.82) is 0 Å². The molecule has 1 aliphatic rings. The molecule has 0 bridgehead atoms. The van der Waals surface area contributed by atoms with Gasteiger partial charge in [0, 0.05) is 12.6 Å². The van der Waals surface area contributed by atoms with Gasteiger partial charge in [-0.3, -0.25) is 0 Å². The zero-order chi connectivity index (χ0) is 15.1. The van der Waals surface area contributed by atoms with E-state index in [0.717, 1.165) is 25.9 Å². The second-order valence-electron chi connectivity index (χ2n) is 5.29. The lowest BCUT2D eigenvalue weighted by molar-refractivity contribution is 0.187. The van der Waals surface area contributed by atoms with Crippen LogP contribution in [0.2, 0.25) is 0 Å². The topological polar surface area (TPSA) is 21.1 Å². The first-order chi connectivity index (χ1) is 10.0. The first-order valence-electron chi connectivity index (χ1n) is 6.95. The van der Waals surface area contributed by atoms with Crippen molar-refractivity contribution >= 4 is 11.0 Å². The number of piperidine rings is 1. The monoisotopic (exact) mass is 301 g/mol. The second-order valence-corrected chi connectivity index (χ2v) is 5.29. The maximum absolute atomic E-state index is 14.0. The molecule has 1 saturated heterocycles. The summed E-state index contributed by atoms with van der Waals surface area (Å²) < 4.78 is 55.8. The Labute approximate surface area is 119 Å². The van der Waals surface area contributed by atoms with Gasteiger partial charge in [0.1, 0.15) is 11.0 Å². The number of likely N-dealkylation sites (N-methyl/N-ethyl adjacent to an activating group) is 1. The third-order valence-electron chi connectivity index (χ3n) is 4.11. The zero-order valence-corrected chi connectivity index (χ0v) is 11.5. The molecule has 114 valence electrons. The summed E-state index contributed by atoms with van der Waals surface area (Å²) >= 11 is 0. The summed E-state index contributed by atoms with van der Waals surface area (Å²) in [5.74, 6) is -6.42. The van der Waals surface area contributed by atoms with Gasteiger partial charge < -0.3 is 9.47 Å². The fourth-order valence-corrected chi connectivity index (χ4v) is 2.96. The first-order valence-corrected chi connectivity index (χ1v) is 6.95. The number of aromatic nitrogens is 2. The number of nitrogens with zero attached hydrogens (tertiary/aromatic N) is 3. The Hall–Kier alpha value is -1.63. The molecule has 1 aromatic carbocycles. The van der Waals surface area contributed by atoms with Gasteiger partial charge in [-0.05, 0) is 25.9 Å². The molecule has 1 aromatic heterocycles. The lowest BCUT2D eigenvalue weighted by Gasteiger charge is -2.32. The quantitative estimate of drug-likeness (QED) is 0.482. The van der Waals surface area contributed by atoms with Gasteiger partial charge in [0.2, 0.25) is 0 Å². The molecule has 0 N–H and O–H groups in total. The van der Waals surface area contributed by atoms with Crippen LogP contribution in [0, 0.1) is 23.3 Å². The Balaban J connectivity index is 2.12. The lowest BCUT2D eigenvalue weighted by Crippen LogP contribution is -2.36. The molecule has 3 nitrogen and oxygen atoms in total. The summed E-state index contributed by atoms with van der Waals surface area (Å²) in [4.78, 5) is 5.90. The van der Waals surface area contributed by atoms with Crippen molar-refractivity contribution in [2.24, 2.45) is 0 Å². The maximum Gasteiger partial charge on any atom is 0.199 e. The van der Waals surface area contributed by atoms with Crippen LogP contribution in [0.3, 0.4) is 0 Å². The van der Waals surface area contributed by atoms with E-state index in [4.69, 9.17) is 0 Å². The Morgan fingerprint density at radius 3 is 2.57 bits per heavy atom. The van der Waals surface area contributed by atoms with E-state index in [2.05, 4.69) is 9.88 Å². The van der Waals surface area contributed by atoms with Crippen LogP contribution in [0.15, 0.2) is 6.33 Å². The fraction of sp³-hybridized carbons (Fsp3) is 0.500. The van der Waals surface area contributed by atoms with Gasteiger partial charge >= 0.3 is 0 Å². The van der Waals surface area contributed by atoms with Crippen molar-refractivity contribution in [1.82, 2.24) is 14.5 Å². The molecule has 0 spiro atoms. The first kappa shape index (κ1) is 14.3. The molecule has 3 rings (SSSR count). The van der Waals surface area contributed by atoms with Crippen LogP contribution >= 0.6 is 0 Å². The molecule has 0 aliphatic carbocycles. The van der Waals surface area contributed by atoms with Crippen LogP contribution in [-0.4, -0.2) is 34.1 Å². The van der Waals surface area contributed by atoms with Gasteiger partial charge in [0.25, 0.3) is 0 Å². The van der Waals surface area contributed by atoms with Crippen LogP contribution in [-0.2, 0) is 0 Å². The van der Waals surface area contributed by atoms with Gasteiger partial charge in [-0.15, -0.1) is 0 Å². The number of hydrogen-bond donors (Lipinski definition) is 0. The number of fused-ring (bicyclic) bond motifs is 1. The minimum absolute atomic E-state index is 0.123. The minimum Gasteiger partial charge on any atom is -0.324 e. The molecule has 1 aliphatic heterocycles. The molecule has 2 heterocycles. The summed E-state index contributed by atoms with van der Waals surface area (Å²) in [6, 6.07) is -0.123. The number of benzene rings is 1. The van der Waals surface area contributed by atoms with E-state index in [0.29, 0.717) is 6.54 Å². The van der Waals surface area contributed by atoms with Gasteiger partial charge in [-0.2, -0.15) is 0 Å². The van der Waals surface area contributed by atoms with Crippen LogP contribution in [0.4, 0.5) is 17.6 Å². The van der Waals surface area contributed by atoms with Crippen molar-refractivity contribution < 1.29 is 17.6 Å². The van der Waals surface area contributed by atoms with E-state index in [1.807, 2.05) is 6.92 Å². The molecule has 1 fully saturated rings. The number of likely N-dealkylation sites (tertiary alicyclic amines) is 1. The van der Waals surface area contributed by atoms with Crippen molar-refractivity contribution in [3.8, 4) is 0 Å². The normalized spacial score (nSPS) is 20.3. The molecule has 0 amide bonds. The standard InChI is InChI=1S/C14H15F4N3/c1-2-20-5-3-4-8(6-20)21-7-19-13-11(17)9(15)10(16)12(18)14(13)21/h7-8H,2-6H2,1H3. The molecule has 0 saturated carbocycles. The van der Waals surface area contributed by atoms with Gasteiger partial charge in [0.05, 0.1) is 6.33 Å². The Bertz CT molecular complexity index is 683. The van der Waals surface area contributed by atoms with Gasteiger partial charge in [0.15, 0.2) is 23.3 Å². The minimum atomic E-state index is -1.82. The Morgan fingerprint density at radius 1 is 1.14 bits per heavy atom. The molecule has 0 radical (unpaired) electrons. The molecule has 21 heavy (non-hydrogen) atoms. The van der Waals surface area contributed by atoms with E-state index >= 15 is 0 Å². The number of imidazole rings is 1. The summed E-state index contributed by atoms with van der Waals surface area (Å²) in [5, 5.41) is 0. The number of hydrogen-bond acceptors (Lipinski definition) is 2. The fourth-order valence-electron chi connectivity index (χ4n) is 2.96. The van der Waals surface area contributed by atoms with E-state index in [1.165, 1.54) is 10.9 Å². The summed E-state index contributed by atoms with van der Waals surface area (Å²) in [5.41, 5.74) is -0.755. The number of halogens is 4. The molecular formula is C14H15F4N3. The summed E-state index contributed by atoms with van der Waals surface area (Å²) in [6.45, 7) is 4.47. The molecular weight excluding hydrogens is 286 g/mol. The molecule has 1 unspecified atom stereocenters. The van der Waals surface area contributed by atoms with Gasteiger partial charge in [-0.1, -0.05) is 6.92 Å². The highest BCUT2D eigenvalue weighted by Gasteiger charge is 2.28. The molecule has 1 atom stereocenters. The largest absolute Gasteiger partial charge is 0.324 e. The summed E-state index contributed by atoms with van der Waals surface area (Å²) in [7, 11) is 0. The van der Waals surface area contributed by atoms with E-state index in [9.17, 15) is 17.6 Å². The zero-order valence-electron chi connectivity index (χ0n) is 11.5. The van der Waals surface area contributed by atoms with Crippen LogP contribution in [0.25, 0.3) is 11.0 Å². The predicted octanol–water partition coefficient (Wildman–Crippen LogP) is 3.25. The SMILES string of the molecule is CCN1CCCC(n2cnc3c(F)c(F)c(F)c(F)c32)C1. The van der Waals surface area contributed by atoms with Crippen molar-refractivity contribution in [2.45, 2.75) is 25.8 Å². The van der Waals surface area contributed by atoms with Crippen molar-refractivity contribution in [3.63, 3.8) is 0 Å². The maximum atomic E-state index is 14.0. The lowest BCUT2D eigenvalue weighted by atomic mass is 10.1. The van der Waals surface area contributed by atoms with Gasteiger partial charge in [-0.25, -0.2) is 22.5 Å². The highest BCUT2D eigenvalue weighted by Crippen LogP contribution is 2.30. The highest BCUT2D eigenvalue weighted by atomic mass is 19.2. The number of rotatable bonds is 2. The van der Waals surface area contributed by atoms with E-state index in [-0.39, 0.29) is 11.6 Å².